The van der Waals surface area contributed by atoms with Crippen molar-refractivity contribution in [1.29, 1.82) is 0 Å². The minimum Gasteiger partial charge on any atom is -0.290 e. The van der Waals surface area contributed by atoms with Crippen LogP contribution in [0.15, 0.2) is 36.0 Å². The molecule has 0 unspecified atom stereocenters. The van der Waals surface area contributed by atoms with Crippen LogP contribution in [0.5, 0.6) is 0 Å². The number of hydrogen-bond acceptors (Lipinski definition) is 5. The van der Waals surface area contributed by atoms with Gasteiger partial charge in [0.05, 0.1) is 28.5 Å². The molecule has 0 saturated carbocycles. The van der Waals surface area contributed by atoms with Gasteiger partial charge in [-0.15, -0.1) is 11.3 Å². The predicted octanol–water partition coefficient (Wildman–Crippen LogP) is 3.57. The molecule has 1 aliphatic rings. The SMILES string of the molecule is Cc1nccc([C@@H]2CCCN2Cc2cn[nH]c2-c2cccs2)n1. The first kappa shape index (κ1) is 14.5. The lowest BCUT2D eigenvalue weighted by molar-refractivity contribution is 0.244. The van der Waals surface area contributed by atoms with Gasteiger partial charge in [-0.3, -0.25) is 10.00 Å². The Morgan fingerprint density at radius 2 is 2.35 bits per heavy atom. The lowest BCUT2D eigenvalue weighted by Gasteiger charge is -2.24. The van der Waals surface area contributed by atoms with Gasteiger partial charge in [-0.25, -0.2) is 9.97 Å². The van der Waals surface area contributed by atoms with Gasteiger partial charge in [-0.1, -0.05) is 6.07 Å². The maximum absolute atomic E-state index is 4.63. The Bertz CT molecular complexity index is 780. The Balaban J connectivity index is 1.58. The van der Waals surface area contributed by atoms with Gasteiger partial charge in [0.15, 0.2) is 0 Å². The van der Waals surface area contributed by atoms with Gasteiger partial charge in [-0.2, -0.15) is 5.10 Å². The highest BCUT2D eigenvalue weighted by molar-refractivity contribution is 7.13. The van der Waals surface area contributed by atoms with E-state index < -0.39 is 0 Å². The first-order chi connectivity index (χ1) is 11.3. The Morgan fingerprint density at radius 3 is 3.17 bits per heavy atom. The second kappa shape index (κ2) is 6.22. The number of hydrogen-bond donors (Lipinski definition) is 1. The van der Waals surface area contributed by atoms with Gasteiger partial charge in [0.2, 0.25) is 0 Å². The summed E-state index contributed by atoms with van der Waals surface area (Å²) >= 11 is 1.74. The summed E-state index contributed by atoms with van der Waals surface area (Å²) in [7, 11) is 0. The molecule has 5 nitrogen and oxygen atoms in total. The van der Waals surface area contributed by atoms with Crippen molar-refractivity contribution in [2.24, 2.45) is 0 Å². The Labute approximate surface area is 139 Å². The van der Waals surface area contributed by atoms with E-state index in [9.17, 15) is 0 Å². The standard InChI is InChI=1S/C17H19N5S/c1-12-18-7-6-14(20-12)15-4-2-8-22(15)11-13-10-19-21-17(13)16-5-3-9-23-16/h3,5-7,9-10,15H,2,4,8,11H2,1H3,(H,19,21)/t15-/m0/s1. The molecule has 0 amide bonds. The molecule has 0 radical (unpaired) electrons. The zero-order chi connectivity index (χ0) is 15.6. The number of nitrogens with zero attached hydrogens (tertiary/aromatic N) is 4. The quantitative estimate of drug-likeness (QED) is 0.796. The van der Waals surface area contributed by atoms with Gasteiger partial charge in [0.1, 0.15) is 5.82 Å². The van der Waals surface area contributed by atoms with E-state index in [0.29, 0.717) is 6.04 Å². The summed E-state index contributed by atoms with van der Waals surface area (Å²) in [6.07, 6.45) is 6.18. The predicted molar refractivity (Wildman–Crippen MR) is 91.1 cm³/mol. The summed E-state index contributed by atoms with van der Waals surface area (Å²) in [4.78, 5) is 12.6. The first-order valence-corrected chi connectivity index (χ1v) is 8.79. The molecule has 3 aromatic rings. The zero-order valence-electron chi connectivity index (χ0n) is 13.1. The van der Waals surface area contributed by atoms with Crippen LogP contribution in [0.4, 0.5) is 0 Å². The van der Waals surface area contributed by atoms with Gasteiger partial charge >= 0.3 is 0 Å². The van der Waals surface area contributed by atoms with Crippen molar-refractivity contribution < 1.29 is 0 Å². The molecule has 1 fully saturated rings. The van der Waals surface area contributed by atoms with E-state index in [2.05, 4.69) is 42.6 Å². The van der Waals surface area contributed by atoms with Crippen LogP contribution in [-0.4, -0.2) is 31.6 Å². The average Bonchev–Trinajstić information content (AvgIpc) is 3.29. The summed E-state index contributed by atoms with van der Waals surface area (Å²) in [5, 5.41) is 9.51. The molecule has 4 rings (SSSR count). The molecule has 0 spiro atoms. The number of aryl methyl sites for hydroxylation is 1. The Kier molecular flexibility index (Phi) is 3.93. The van der Waals surface area contributed by atoms with Crippen molar-refractivity contribution in [3.05, 3.63) is 53.1 Å². The van der Waals surface area contributed by atoms with Crippen LogP contribution in [0, 0.1) is 6.92 Å². The van der Waals surface area contributed by atoms with Crippen LogP contribution >= 0.6 is 11.3 Å². The second-order valence-electron chi connectivity index (χ2n) is 5.90. The number of nitrogens with one attached hydrogen (secondary N) is 1. The Morgan fingerprint density at radius 1 is 1.39 bits per heavy atom. The van der Waals surface area contributed by atoms with E-state index in [1.165, 1.54) is 16.9 Å². The summed E-state index contributed by atoms with van der Waals surface area (Å²) in [6, 6.07) is 6.64. The zero-order valence-corrected chi connectivity index (χ0v) is 13.9. The van der Waals surface area contributed by atoms with Crippen molar-refractivity contribution in [1.82, 2.24) is 25.1 Å². The topological polar surface area (TPSA) is 57.7 Å². The summed E-state index contributed by atoms with van der Waals surface area (Å²) in [5.41, 5.74) is 3.53. The van der Waals surface area contributed by atoms with Gasteiger partial charge in [0.25, 0.3) is 0 Å². The van der Waals surface area contributed by atoms with Crippen LogP contribution in [0.25, 0.3) is 10.6 Å². The molecule has 23 heavy (non-hydrogen) atoms. The Hall–Kier alpha value is -2.05. The largest absolute Gasteiger partial charge is 0.290 e. The fraction of sp³-hybridized carbons (Fsp3) is 0.353. The van der Waals surface area contributed by atoms with Crippen molar-refractivity contribution in [3.63, 3.8) is 0 Å². The molecular formula is C17H19N5S. The molecule has 118 valence electrons. The molecule has 3 aromatic heterocycles. The first-order valence-electron chi connectivity index (χ1n) is 7.91. The van der Waals surface area contributed by atoms with E-state index in [1.807, 2.05) is 25.4 Å². The highest BCUT2D eigenvalue weighted by Gasteiger charge is 2.28. The van der Waals surface area contributed by atoms with Gasteiger partial charge in [-0.05, 0) is 43.8 Å². The van der Waals surface area contributed by atoms with Gasteiger partial charge < -0.3 is 0 Å². The van der Waals surface area contributed by atoms with Crippen LogP contribution in [0.2, 0.25) is 0 Å². The summed E-state index contributed by atoms with van der Waals surface area (Å²) in [6.45, 7) is 3.95. The van der Waals surface area contributed by atoms with E-state index >= 15 is 0 Å². The lowest BCUT2D eigenvalue weighted by Crippen LogP contribution is -2.23. The molecule has 0 bridgehead atoms. The molecule has 4 heterocycles. The normalized spacial score (nSPS) is 18.6. The second-order valence-corrected chi connectivity index (χ2v) is 6.85. The number of aromatic nitrogens is 4. The summed E-state index contributed by atoms with van der Waals surface area (Å²) < 4.78 is 0. The van der Waals surface area contributed by atoms with Crippen molar-refractivity contribution >= 4 is 11.3 Å². The van der Waals surface area contributed by atoms with Crippen LogP contribution in [0.1, 0.15) is 36.0 Å². The fourth-order valence-electron chi connectivity index (χ4n) is 3.29. The van der Waals surface area contributed by atoms with Gasteiger partial charge in [0, 0.05) is 18.3 Å². The molecule has 0 aliphatic carbocycles. The molecular weight excluding hydrogens is 306 g/mol. The monoisotopic (exact) mass is 325 g/mol. The third kappa shape index (κ3) is 2.92. The maximum atomic E-state index is 4.63. The third-order valence-corrected chi connectivity index (χ3v) is 5.25. The van der Waals surface area contributed by atoms with Crippen molar-refractivity contribution in [3.8, 4) is 10.6 Å². The molecule has 1 atom stereocenters. The fourth-order valence-corrected chi connectivity index (χ4v) is 4.05. The lowest BCUT2D eigenvalue weighted by atomic mass is 10.1. The minimum atomic E-state index is 0.378. The smallest absolute Gasteiger partial charge is 0.125 e. The molecule has 6 heteroatoms. The highest BCUT2D eigenvalue weighted by atomic mass is 32.1. The molecule has 1 N–H and O–H groups in total. The number of H-pyrrole nitrogens is 1. The minimum absolute atomic E-state index is 0.378. The number of rotatable bonds is 4. The molecule has 1 aliphatic heterocycles. The van der Waals surface area contributed by atoms with Crippen molar-refractivity contribution in [2.75, 3.05) is 6.54 Å². The molecule has 1 saturated heterocycles. The number of aromatic amines is 1. The third-order valence-electron chi connectivity index (χ3n) is 4.36. The highest BCUT2D eigenvalue weighted by Crippen LogP contribution is 2.34. The van der Waals surface area contributed by atoms with Crippen LogP contribution in [-0.2, 0) is 6.54 Å². The van der Waals surface area contributed by atoms with E-state index in [-0.39, 0.29) is 0 Å². The van der Waals surface area contributed by atoms with E-state index in [0.717, 1.165) is 36.7 Å². The number of thiophene rings is 1. The van der Waals surface area contributed by atoms with E-state index in [1.54, 1.807) is 11.3 Å². The van der Waals surface area contributed by atoms with E-state index in [4.69, 9.17) is 0 Å². The average molecular weight is 325 g/mol. The van der Waals surface area contributed by atoms with Crippen molar-refractivity contribution in [2.45, 2.75) is 32.4 Å². The number of likely N-dealkylation sites (tertiary alicyclic amines) is 1. The maximum Gasteiger partial charge on any atom is 0.125 e. The van der Waals surface area contributed by atoms with Crippen LogP contribution in [0.3, 0.4) is 0 Å². The summed E-state index contributed by atoms with van der Waals surface area (Å²) in [5.74, 6) is 0.844. The molecule has 0 aromatic carbocycles. The van der Waals surface area contributed by atoms with Crippen LogP contribution < -0.4 is 0 Å².